The molecular formula is C26H25N3O6. The summed E-state index contributed by atoms with van der Waals surface area (Å²) in [4.78, 5) is 31.0. The number of methoxy groups -OCH3 is 1. The van der Waals surface area contributed by atoms with Crippen molar-refractivity contribution in [1.82, 2.24) is 10.3 Å². The number of anilines is 1. The minimum Gasteiger partial charge on any atom is -0.493 e. The van der Waals surface area contributed by atoms with E-state index in [1.165, 1.54) is 0 Å². The van der Waals surface area contributed by atoms with Gasteiger partial charge in [-0.3, -0.25) is 14.6 Å². The molecule has 1 unspecified atom stereocenters. The molecule has 2 amide bonds. The second-order valence-corrected chi connectivity index (χ2v) is 8.29. The summed E-state index contributed by atoms with van der Waals surface area (Å²) in [5.41, 5.74) is 2.56. The van der Waals surface area contributed by atoms with E-state index in [1.54, 1.807) is 42.6 Å². The number of hydrogen-bond donors (Lipinski definition) is 1. The van der Waals surface area contributed by atoms with Crippen molar-refractivity contribution in [3.05, 3.63) is 72.1 Å². The number of benzene rings is 2. The number of carbonyl (C=O) groups excluding carboxylic acids is 2. The normalized spacial score (nSPS) is 16.3. The standard InChI is InChI=1S/C26H25N3O6/c1-32-23-10-18(2-4-21(23)33-15-17-6-8-27-9-7-17)13-28-26(31)19-11-25(30)29(14-19)20-3-5-22-24(12-20)35-16-34-22/h2-10,12,19H,11,13-16H2,1H3,(H,28,31). The first kappa shape index (κ1) is 22.5. The quantitative estimate of drug-likeness (QED) is 0.535. The van der Waals surface area contributed by atoms with Gasteiger partial charge in [0, 0.05) is 43.7 Å². The molecule has 0 bridgehead atoms. The molecule has 2 aliphatic rings. The molecule has 0 radical (unpaired) electrons. The number of amides is 2. The highest BCUT2D eigenvalue weighted by Gasteiger charge is 2.35. The van der Waals surface area contributed by atoms with Crippen LogP contribution in [0.3, 0.4) is 0 Å². The van der Waals surface area contributed by atoms with Crippen LogP contribution in [0.2, 0.25) is 0 Å². The topological polar surface area (TPSA) is 99.2 Å². The van der Waals surface area contributed by atoms with Gasteiger partial charge in [-0.1, -0.05) is 6.07 Å². The fraction of sp³-hybridized carbons (Fsp3) is 0.269. The molecule has 1 aromatic heterocycles. The maximum Gasteiger partial charge on any atom is 0.231 e. The zero-order valence-electron chi connectivity index (χ0n) is 19.2. The summed E-state index contributed by atoms with van der Waals surface area (Å²) in [6, 6.07) is 14.7. The Hall–Kier alpha value is -4.27. The van der Waals surface area contributed by atoms with Gasteiger partial charge < -0.3 is 29.2 Å². The van der Waals surface area contributed by atoms with Gasteiger partial charge in [-0.2, -0.15) is 0 Å². The number of nitrogens with one attached hydrogen (secondary N) is 1. The fourth-order valence-electron chi connectivity index (χ4n) is 4.10. The number of fused-ring (bicyclic) bond motifs is 1. The molecule has 1 saturated heterocycles. The van der Waals surface area contributed by atoms with Crippen molar-refractivity contribution in [3.8, 4) is 23.0 Å². The van der Waals surface area contributed by atoms with E-state index in [1.807, 2.05) is 30.3 Å². The molecule has 0 saturated carbocycles. The molecule has 3 aromatic rings. The summed E-state index contributed by atoms with van der Waals surface area (Å²) in [7, 11) is 1.58. The van der Waals surface area contributed by atoms with E-state index in [2.05, 4.69) is 10.3 Å². The Kier molecular flexibility index (Phi) is 6.38. The van der Waals surface area contributed by atoms with Crippen molar-refractivity contribution in [1.29, 1.82) is 0 Å². The molecule has 0 spiro atoms. The monoisotopic (exact) mass is 475 g/mol. The Morgan fingerprint density at radius 1 is 1.06 bits per heavy atom. The Labute approximate surface area is 202 Å². The van der Waals surface area contributed by atoms with Crippen LogP contribution in [0.25, 0.3) is 0 Å². The van der Waals surface area contributed by atoms with Crippen molar-refractivity contribution in [3.63, 3.8) is 0 Å². The first-order chi connectivity index (χ1) is 17.1. The molecule has 1 atom stereocenters. The number of carbonyl (C=O) groups is 2. The maximum absolute atomic E-state index is 12.8. The molecule has 9 nitrogen and oxygen atoms in total. The smallest absolute Gasteiger partial charge is 0.231 e. The van der Waals surface area contributed by atoms with Gasteiger partial charge >= 0.3 is 0 Å². The van der Waals surface area contributed by atoms with Gasteiger partial charge in [0.15, 0.2) is 23.0 Å². The van der Waals surface area contributed by atoms with Crippen LogP contribution in [0.15, 0.2) is 60.9 Å². The summed E-state index contributed by atoms with van der Waals surface area (Å²) < 4.78 is 22.1. The first-order valence-corrected chi connectivity index (χ1v) is 11.3. The lowest BCUT2D eigenvalue weighted by Crippen LogP contribution is -2.32. The van der Waals surface area contributed by atoms with Crippen molar-refractivity contribution >= 4 is 17.5 Å². The molecule has 180 valence electrons. The van der Waals surface area contributed by atoms with E-state index in [0.29, 0.717) is 48.4 Å². The highest BCUT2D eigenvalue weighted by Crippen LogP contribution is 2.37. The summed E-state index contributed by atoms with van der Waals surface area (Å²) >= 11 is 0. The van der Waals surface area contributed by atoms with E-state index < -0.39 is 5.92 Å². The molecule has 9 heteroatoms. The lowest BCUT2D eigenvalue weighted by Gasteiger charge is -2.17. The van der Waals surface area contributed by atoms with E-state index in [-0.39, 0.29) is 25.0 Å². The Morgan fingerprint density at radius 2 is 1.89 bits per heavy atom. The van der Waals surface area contributed by atoms with Crippen LogP contribution in [0.4, 0.5) is 5.69 Å². The number of nitrogens with zero attached hydrogens (tertiary/aromatic N) is 2. The largest absolute Gasteiger partial charge is 0.493 e. The van der Waals surface area contributed by atoms with Crippen LogP contribution in [-0.4, -0.2) is 37.2 Å². The third-order valence-electron chi connectivity index (χ3n) is 6.00. The second-order valence-electron chi connectivity index (χ2n) is 8.29. The molecule has 2 aliphatic heterocycles. The number of ether oxygens (including phenoxy) is 4. The molecule has 5 rings (SSSR count). The van der Waals surface area contributed by atoms with Crippen LogP contribution in [0.5, 0.6) is 23.0 Å². The van der Waals surface area contributed by atoms with Gasteiger partial charge in [0.2, 0.25) is 18.6 Å². The van der Waals surface area contributed by atoms with E-state index in [4.69, 9.17) is 18.9 Å². The molecule has 1 N–H and O–H groups in total. The predicted octanol–water partition coefficient (Wildman–Crippen LogP) is 3.07. The Morgan fingerprint density at radius 3 is 2.71 bits per heavy atom. The van der Waals surface area contributed by atoms with Crippen LogP contribution < -0.4 is 29.2 Å². The second kappa shape index (κ2) is 9.92. The Balaban J connectivity index is 1.17. The summed E-state index contributed by atoms with van der Waals surface area (Å²) in [6.45, 7) is 1.19. The molecule has 35 heavy (non-hydrogen) atoms. The van der Waals surface area contributed by atoms with Crippen LogP contribution >= 0.6 is 0 Å². The zero-order chi connectivity index (χ0) is 24.2. The first-order valence-electron chi connectivity index (χ1n) is 11.3. The van der Waals surface area contributed by atoms with Gasteiger partial charge in [-0.25, -0.2) is 0 Å². The number of rotatable bonds is 8. The van der Waals surface area contributed by atoms with Gasteiger partial charge in [0.1, 0.15) is 6.61 Å². The minimum atomic E-state index is -0.433. The van der Waals surface area contributed by atoms with Gasteiger partial charge in [-0.15, -0.1) is 0 Å². The van der Waals surface area contributed by atoms with Gasteiger partial charge in [0.25, 0.3) is 0 Å². The van der Waals surface area contributed by atoms with E-state index >= 15 is 0 Å². The lowest BCUT2D eigenvalue weighted by atomic mass is 10.1. The van der Waals surface area contributed by atoms with Crippen LogP contribution in [-0.2, 0) is 22.7 Å². The van der Waals surface area contributed by atoms with Crippen LogP contribution in [0, 0.1) is 5.92 Å². The predicted molar refractivity (Wildman–Crippen MR) is 126 cm³/mol. The van der Waals surface area contributed by atoms with Crippen molar-refractivity contribution in [2.24, 2.45) is 5.92 Å². The fourth-order valence-corrected chi connectivity index (χ4v) is 4.10. The number of aromatic nitrogens is 1. The molecular weight excluding hydrogens is 450 g/mol. The van der Waals surface area contributed by atoms with Gasteiger partial charge in [0.05, 0.1) is 13.0 Å². The van der Waals surface area contributed by atoms with Gasteiger partial charge in [-0.05, 0) is 47.5 Å². The highest BCUT2D eigenvalue weighted by molar-refractivity contribution is 6.00. The Bertz CT molecular complexity index is 1230. The SMILES string of the molecule is COc1cc(CNC(=O)C2CC(=O)N(c3ccc4c(c3)OCO4)C2)ccc1OCc1ccncc1. The molecule has 3 heterocycles. The summed E-state index contributed by atoms with van der Waals surface area (Å²) in [6.07, 6.45) is 3.59. The van der Waals surface area contributed by atoms with E-state index in [0.717, 1.165) is 11.1 Å². The summed E-state index contributed by atoms with van der Waals surface area (Å²) in [5, 5.41) is 2.94. The maximum atomic E-state index is 12.8. The number of pyridine rings is 1. The average molecular weight is 476 g/mol. The highest BCUT2D eigenvalue weighted by atomic mass is 16.7. The molecule has 2 aromatic carbocycles. The van der Waals surface area contributed by atoms with Crippen LogP contribution in [0.1, 0.15) is 17.5 Å². The van der Waals surface area contributed by atoms with Crippen molar-refractivity contribution in [2.75, 3.05) is 25.3 Å². The third-order valence-corrected chi connectivity index (χ3v) is 6.00. The van der Waals surface area contributed by atoms with Crippen molar-refractivity contribution in [2.45, 2.75) is 19.6 Å². The zero-order valence-corrected chi connectivity index (χ0v) is 19.2. The number of hydrogen-bond acceptors (Lipinski definition) is 7. The molecule has 0 aliphatic carbocycles. The molecule has 1 fully saturated rings. The van der Waals surface area contributed by atoms with Crippen molar-refractivity contribution < 1.29 is 28.5 Å². The van der Waals surface area contributed by atoms with E-state index in [9.17, 15) is 9.59 Å². The lowest BCUT2D eigenvalue weighted by molar-refractivity contribution is -0.126. The third kappa shape index (κ3) is 4.98. The minimum absolute atomic E-state index is 0.0959. The summed E-state index contributed by atoms with van der Waals surface area (Å²) in [5.74, 6) is 1.75. The average Bonchev–Trinajstić information content (AvgIpc) is 3.52.